The molecular formula is C10H18N4O. The molecule has 5 nitrogen and oxygen atoms in total. The lowest BCUT2D eigenvalue weighted by molar-refractivity contribution is 0.105. The molecule has 2 N–H and O–H groups in total. The van der Waals surface area contributed by atoms with Crippen LogP contribution in [0, 0.1) is 0 Å². The first-order valence-electron chi connectivity index (χ1n) is 5.62. The minimum atomic E-state index is -0.486. The Labute approximate surface area is 89.5 Å². The molecule has 0 bridgehead atoms. The molecule has 0 aromatic carbocycles. The summed E-state index contributed by atoms with van der Waals surface area (Å²) in [4.78, 5) is 0. The number of aryl methyl sites for hydroxylation is 1. The molecule has 1 saturated heterocycles. The smallest absolute Gasteiger partial charge is 0.112 e. The van der Waals surface area contributed by atoms with Gasteiger partial charge >= 0.3 is 0 Å². The Morgan fingerprint density at radius 3 is 3.20 bits per heavy atom. The van der Waals surface area contributed by atoms with Crippen molar-refractivity contribution >= 4 is 0 Å². The number of hydrogen-bond acceptors (Lipinski definition) is 4. The van der Waals surface area contributed by atoms with Crippen molar-refractivity contribution in [2.45, 2.75) is 44.9 Å². The number of hydrogen-bond donors (Lipinski definition) is 2. The van der Waals surface area contributed by atoms with Crippen LogP contribution in [-0.2, 0) is 6.54 Å². The van der Waals surface area contributed by atoms with Crippen molar-refractivity contribution < 1.29 is 5.11 Å². The summed E-state index contributed by atoms with van der Waals surface area (Å²) in [5.74, 6) is 0. The highest BCUT2D eigenvalue weighted by Gasteiger charge is 2.25. The van der Waals surface area contributed by atoms with Crippen molar-refractivity contribution in [2.75, 3.05) is 6.54 Å². The first-order chi connectivity index (χ1) is 7.33. The van der Waals surface area contributed by atoms with E-state index in [0.29, 0.717) is 0 Å². The van der Waals surface area contributed by atoms with Crippen LogP contribution in [0.4, 0.5) is 0 Å². The van der Waals surface area contributed by atoms with Gasteiger partial charge < -0.3 is 10.4 Å². The van der Waals surface area contributed by atoms with Crippen LogP contribution in [0.15, 0.2) is 6.20 Å². The molecule has 2 unspecified atom stereocenters. The van der Waals surface area contributed by atoms with Crippen LogP contribution in [0.25, 0.3) is 0 Å². The fraction of sp³-hybridized carbons (Fsp3) is 0.800. The van der Waals surface area contributed by atoms with Gasteiger partial charge in [-0.1, -0.05) is 11.6 Å². The summed E-state index contributed by atoms with van der Waals surface area (Å²) in [7, 11) is 0. The third kappa shape index (κ3) is 2.18. The van der Waals surface area contributed by atoms with E-state index in [-0.39, 0.29) is 6.04 Å². The Balaban J connectivity index is 2.08. The van der Waals surface area contributed by atoms with Crippen molar-refractivity contribution in [3.8, 4) is 0 Å². The van der Waals surface area contributed by atoms with Crippen molar-refractivity contribution in [1.82, 2.24) is 20.3 Å². The molecule has 2 rings (SSSR count). The Morgan fingerprint density at radius 2 is 2.53 bits per heavy atom. The van der Waals surface area contributed by atoms with Crippen LogP contribution in [-0.4, -0.2) is 32.7 Å². The zero-order valence-electron chi connectivity index (χ0n) is 9.06. The Bertz CT molecular complexity index is 306. The Hall–Kier alpha value is -0.940. The minimum Gasteiger partial charge on any atom is -0.385 e. The molecule has 1 aliphatic heterocycles. The summed E-state index contributed by atoms with van der Waals surface area (Å²) in [6, 6.07) is 0.155. The minimum absolute atomic E-state index is 0.155. The third-order valence-corrected chi connectivity index (χ3v) is 2.98. The highest BCUT2D eigenvalue weighted by molar-refractivity contribution is 5.03. The molecule has 84 valence electrons. The maximum atomic E-state index is 10.2. The van der Waals surface area contributed by atoms with Crippen LogP contribution in [0.1, 0.15) is 38.0 Å². The number of nitrogens with zero attached hydrogens (tertiary/aromatic N) is 3. The molecule has 0 aliphatic carbocycles. The lowest BCUT2D eigenvalue weighted by atomic mass is 9.98. The average Bonchev–Trinajstić information content (AvgIpc) is 2.77. The van der Waals surface area contributed by atoms with Gasteiger partial charge in [-0.2, -0.15) is 0 Å². The van der Waals surface area contributed by atoms with E-state index in [1.165, 1.54) is 12.8 Å². The Kier molecular flexibility index (Phi) is 3.33. The highest BCUT2D eigenvalue weighted by atomic mass is 16.3. The number of aliphatic hydroxyl groups excluding tert-OH is 1. The number of nitrogens with one attached hydrogen (secondary N) is 1. The van der Waals surface area contributed by atoms with E-state index in [1.807, 2.05) is 6.92 Å². The number of piperidine rings is 1. The van der Waals surface area contributed by atoms with Gasteiger partial charge in [0.1, 0.15) is 6.10 Å². The van der Waals surface area contributed by atoms with Gasteiger partial charge in [0, 0.05) is 12.6 Å². The molecule has 5 heteroatoms. The maximum absolute atomic E-state index is 10.2. The molecule has 0 radical (unpaired) electrons. The number of rotatable bonds is 3. The SMILES string of the molecule is CCn1nncc1C(O)C1CCCCN1. The molecule has 1 fully saturated rings. The molecular weight excluding hydrogens is 192 g/mol. The maximum Gasteiger partial charge on any atom is 0.112 e. The van der Waals surface area contributed by atoms with Gasteiger partial charge in [-0.3, -0.25) is 0 Å². The molecule has 0 spiro atoms. The topological polar surface area (TPSA) is 63.0 Å². The molecule has 15 heavy (non-hydrogen) atoms. The molecule has 1 aromatic heterocycles. The summed E-state index contributed by atoms with van der Waals surface area (Å²) in [5.41, 5.74) is 0.817. The van der Waals surface area contributed by atoms with E-state index < -0.39 is 6.10 Å². The largest absolute Gasteiger partial charge is 0.385 e. The standard InChI is InChI=1S/C10H18N4O/c1-2-14-9(7-12-13-14)10(15)8-5-3-4-6-11-8/h7-8,10-11,15H,2-6H2,1H3. The van der Waals surface area contributed by atoms with Gasteiger partial charge in [0.05, 0.1) is 11.9 Å². The zero-order valence-corrected chi connectivity index (χ0v) is 9.06. The number of aliphatic hydroxyl groups is 1. The number of aromatic nitrogens is 3. The van der Waals surface area contributed by atoms with Gasteiger partial charge in [-0.05, 0) is 26.3 Å². The van der Waals surface area contributed by atoms with E-state index >= 15 is 0 Å². The fourth-order valence-electron chi connectivity index (χ4n) is 2.09. The quantitative estimate of drug-likeness (QED) is 0.761. The summed E-state index contributed by atoms with van der Waals surface area (Å²) < 4.78 is 1.75. The monoisotopic (exact) mass is 210 g/mol. The molecule has 1 aromatic rings. The summed E-state index contributed by atoms with van der Waals surface area (Å²) >= 11 is 0. The van der Waals surface area contributed by atoms with Gasteiger partial charge in [-0.25, -0.2) is 4.68 Å². The summed E-state index contributed by atoms with van der Waals surface area (Å²) in [6.07, 6.45) is 4.58. The predicted octanol–water partition coefficient (Wildman–Crippen LogP) is 0.474. The molecule has 1 aliphatic rings. The second-order valence-corrected chi connectivity index (χ2v) is 3.98. The second-order valence-electron chi connectivity index (χ2n) is 3.98. The lowest BCUT2D eigenvalue weighted by Crippen LogP contribution is -2.39. The van der Waals surface area contributed by atoms with E-state index in [1.54, 1.807) is 10.9 Å². The van der Waals surface area contributed by atoms with Gasteiger partial charge in [0.25, 0.3) is 0 Å². The normalized spacial score (nSPS) is 24.0. The fourth-order valence-corrected chi connectivity index (χ4v) is 2.09. The van der Waals surface area contributed by atoms with E-state index in [2.05, 4.69) is 15.6 Å². The highest BCUT2D eigenvalue weighted by Crippen LogP contribution is 2.21. The molecule has 2 atom stereocenters. The van der Waals surface area contributed by atoms with E-state index in [4.69, 9.17) is 0 Å². The van der Waals surface area contributed by atoms with Crippen LogP contribution in [0.5, 0.6) is 0 Å². The molecule has 0 saturated carbocycles. The van der Waals surface area contributed by atoms with Crippen LogP contribution < -0.4 is 5.32 Å². The summed E-state index contributed by atoms with van der Waals surface area (Å²) in [5, 5.41) is 21.3. The summed E-state index contributed by atoms with van der Waals surface area (Å²) in [6.45, 7) is 3.74. The molecule has 2 heterocycles. The second kappa shape index (κ2) is 4.72. The lowest BCUT2D eigenvalue weighted by Gasteiger charge is -2.27. The van der Waals surface area contributed by atoms with Crippen LogP contribution >= 0.6 is 0 Å². The van der Waals surface area contributed by atoms with Gasteiger partial charge in [0.15, 0.2) is 0 Å². The first kappa shape index (κ1) is 10.6. The van der Waals surface area contributed by atoms with Crippen LogP contribution in [0.3, 0.4) is 0 Å². The zero-order chi connectivity index (χ0) is 10.7. The third-order valence-electron chi connectivity index (χ3n) is 2.98. The van der Waals surface area contributed by atoms with Crippen molar-refractivity contribution in [3.05, 3.63) is 11.9 Å². The van der Waals surface area contributed by atoms with E-state index in [9.17, 15) is 5.11 Å². The van der Waals surface area contributed by atoms with Gasteiger partial charge in [0.2, 0.25) is 0 Å². The molecule has 0 amide bonds. The van der Waals surface area contributed by atoms with Crippen molar-refractivity contribution in [3.63, 3.8) is 0 Å². The Morgan fingerprint density at radius 1 is 1.67 bits per heavy atom. The van der Waals surface area contributed by atoms with Crippen molar-refractivity contribution in [2.24, 2.45) is 0 Å². The average molecular weight is 210 g/mol. The van der Waals surface area contributed by atoms with Gasteiger partial charge in [-0.15, -0.1) is 5.10 Å². The van der Waals surface area contributed by atoms with Crippen molar-refractivity contribution in [1.29, 1.82) is 0 Å². The first-order valence-corrected chi connectivity index (χ1v) is 5.62. The van der Waals surface area contributed by atoms with Crippen LogP contribution in [0.2, 0.25) is 0 Å². The predicted molar refractivity (Wildman–Crippen MR) is 56.3 cm³/mol. The van der Waals surface area contributed by atoms with E-state index in [0.717, 1.165) is 25.2 Å².